The van der Waals surface area contributed by atoms with E-state index in [-0.39, 0.29) is 17.7 Å². The molecule has 1 aliphatic heterocycles. The largest absolute Gasteiger partial charge is 0.359 e. The molecule has 1 amide bonds. The number of nitrogens with zero attached hydrogens (tertiary/aromatic N) is 1. The lowest BCUT2D eigenvalue weighted by atomic mass is 10.1. The number of carbonyl (C=O) groups excluding carboxylic acids is 2. The fraction of sp³-hybridized carbons (Fsp3) is 0.333. The maximum atomic E-state index is 12.6. The first-order valence-corrected chi connectivity index (χ1v) is 9.59. The van der Waals surface area contributed by atoms with Gasteiger partial charge in [-0.3, -0.25) is 9.59 Å². The highest BCUT2D eigenvalue weighted by Crippen LogP contribution is 2.24. The monoisotopic (exact) mass is 386 g/mol. The summed E-state index contributed by atoms with van der Waals surface area (Å²) in [6.07, 6.45) is 0. The summed E-state index contributed by atoms with van der Waals surface area (Å²) < 4.78 is 0. The van der Waals surface area contributed by atoms with Crippen LogP contribution in [0.4, 0.5) is 11.4 Å². The molecule has 5 nitrogen and oxygen atoms in total. The number of anilines is 2. The Kier molecular flexibility index (Phi) is 6.14. The van der Waals surface area contributed by atoms with Gasteiger partial charge in [0.2, 0.25) is 0 Å². The number of amides is 1. The van der Waals surface area contributed by atoms with E-state index in [0.717, 1.165) is 36.9 Å². The number of rotatable bonds is 5. The lowest BCUT2D eigenvalue weighted by Crippen LogP contribution is -3.19. The third-order valence-electron chi connectivity index (χ3n) is 5.16. The summed E-state index contributed by atoms with van der Waals surface area (Å²) in [5, 5.41) is 3.72. The van der Waals surface area contributed by atoms with Crippen LogP contribution in [-0.4, -0.2) is 43.9 Å². The Hall–Kier alpha value is -2.37. The zero-order valence-corrected chi connectivity index (χ0v) is 16.4. The van der Waals surface area contributed by atoms with Crippen molar-refractivity contribution in [2.75, 3.05) is 36.4 Å². The van der Waals surface area contributed by atoms with E-state index in [1.807, 2.05) is 31.2 Å². The lowest BCUT2D eigenvalue weighted by molar-refractivity contribution is -0.914. The molecule has 0 aliphatic carbocycles. The fourth-order valence-electron chi connectivity index (χ4n) is 3.40. The number of para-hydroxylation sites is 1. The van der Waals surface area contributed by atoms with E-state index in [1.165, 1.54) is 11.8 Å². The van der Waals surface area contributed by atoms with Crippen LogP contribution >= 0.6 is 11.6 Å². The van der Waals surface area contributed by atoms with Crippen LogP contribution in [0.15, 0.2) is 48.5 Å². The van der Waals surface area contributed by atoms with Crippen LogP contribution < -0.4 is 15.1 Å². The Balaban J connectivity index is 1.55. The predicted molar refractivity (Wildman–Crippen MR) is 109 cm³/mol. The Bertz CT molecular complexity index is 814. The van der Waals surface area contributed by atoms with E-state index >= 15 is 0 Å². The SMILES string of the molecule is CC(=O)c1ccc(NC(=O)[C@H](C)[NH+]2CCN(c3ccccc3Cl)CC2)cc1. The molecule has 0 saturated carbocycles. The highest BCUT2D eigenvalue weighted by Gasteiger charge is 2.29. The number of carbonyl (C=O) groups is 2. The van der Waals surface area contributed by atoms with Gasteiger partial charge >= 0.3 is 0 Å². The molecule has 27 heavy (non-hydrogen) atoms. The molecular weight excluding hydrogens is 362 g/mol. The smallest absolute Gasteiger partial charge is 0.282 e. The number of ketones is 1. The molecule has 6 heteroatoms. The first-order chi connectivity index (χ1) is 13.0. The number of quaternary nitrogens is 1. The van der Waals surface area contributed by atoms with Crippen molar-refractivity contribution < 1.29 is 14.5 Å². The van der Waals surface area contributed by atoms with E-state index in [2.05, 4.69) is 10.2 Å². The third-order valence-corrected chi connectivity index (χ3v) is 5.48. The molecule has 0 bridgehead atoms. The van der Waals surface area contributed by atoms with Crippen LogP contribution in [0.1, 0.15) is 24.2 Å². The predicted octanol–water partition coefficient (Wildman–Crippen LogP) is 2.27. The third kappa shape index (κ3) is 4.67. The van der Waals surface area contributed by atoms with Crippen LogP contribution in [-0.2, 0) is 4.79 Å². The number of benzene rings is 2. The standard InChI is InChI=1S/C21H24ClN3O2/c1-15(21(27)23-18-9-7-17(8-10-18)16(2)26)24-11-13-25(14-12-24)20-6-4-3-5-19(20)22/h3-10,15H,11-14H2,1-2H3,(H,23,27)/p+1/t15-/m0/s1. The van der Waals surface area contributed by atoms with Gasteiger partial charge in [-0.1, -0.05) is 23.7 Å². The summed E-state index contributed by atoms with van der Waals surface area (Å²) in [5.41, 5.74) is 2.41. The maximum absolute atomic E-state index is 12.6. The topological polar surface area (TPSA) is 53.9 Å². The van der Waals surface area contributed by atoms with Crippen molar-refractivity contribution in [2.24, 2.45) is 0 Å². The zero-order valence-electron chi connectivity index (χ0n) is 15.7. The van der Waals surface area contributed by atoms with Crippen molar-refractivity contribution in [1.29, 1.82) is 0 Å². The van der Waals surface area contributed by atoms with Crippen LogP contribution in [0.3, 0.4) is 0 Å². The minimum Gasteiger partial charge on any atom is -0.359 e. The average Bonchev–Trinajstić information content (AvgIpc) is 2.68. The zero-order chi connectivity index (χ0) is 19.4. The first-order valence-electron chi connectivity index (χ1n) is 9.21. The van der Waals surface area contributed by atoms with Crippen molar-refractivity contribution in [3.05, 3.63) is 59.1 Å². The molecule has 0 radical (unpaired) electrons. The molecule has 1 atom stereocenters. The molecule has 2 aromatic rings. The van der Waals surface area contributed by atoms with Crippen molar-refractivity contribution in [3.8, 4) is 0 Å². The van der Waals surface area contributed by atoms with E-state index < -0.39 is 0 Å². The van der Waals surface area contributed by atoms with Crippen molar-refractivity contribution in [2.45, 2.75) is 19.9 Å². The summed E-state index contributed by atoms with van der Waals surface area (Å²) in [5.74, 6) is 0.00819. The fourth-order valence-corrected chi connectivity index (χ4v) is 3.66. The van der Waals surface area contributed by atoms with Gasteiger partial charge in [0.15, 0.2) is 11.8 Å². The van der Waals surface area contributed by atoms with Gasteiger partial charge < -0.3 is 15.1 Å². The number of nitrogens with one attached hydrogen (secondary N) is 2. The number of hydrogen-bond donors (Lipinski definition) is 2. The molecular formula is C21H25ClN3O2+. The molecule has 1 saturated heterocycles. The van der Waals surface area contributed by atoms with Gasteiger partial charge in [-0.2, -0.15) is 0 Å². The van der Waals surface area contributed by atoms with Gasteiger partial charge in [-0.15, -0.1) is 0 Å². The van der Waals surface area contributed by atoms with E-state index in [0.29, 0.717) is 11.3 Å². The van der Waals surface area contributed by atoms with Gasteiger partial charge in [0.25, 0.3) is 5.91 Å². The second-order valence-corrected chi connectivity index (χ2v) is 7.35. The van der Waals surface area contributed by atoms with Crippen LogP contribution in [0.5, 0.6) is 0 Å². The van der Waals surface area contributed by atoms with E-state index in [1.54, 1.807) is 24.3 Å². The Morgan fingerprint density at radius 1 is 1.07 bits per heavy atom. The first kappa shape index (κ1) is 19.4. The van der Waals surface area contributed by atoms with E-state index in [9.17, 15) is 9.59 Å². The number of hydrogen-bond acceptors (Lipinski definition) is 3. The lowest BCUT2D eigenvalue weighted by Gasteiger charge is -2.36. The number of piperazine rings is 1. The second kappa shape index (κ2) is 8.55. The highest BCUT2D eigenvalue weighted by molar-refractivity contribution is 6.33. The Morgan fingerprint density at radius 2 is 1.70 bits per heavy atom. The molecule has 0 unspecified atom stereocenters. The van der Waals surface area contributed by atoms with Crippen molar-refractivity contribution in [1.82, 2.24) is 0 Å². The van der Waals surface area contributed by atoms with E-state index in [4.69, 9.17) is 11.6 Å². The molecule has 3 rings (SSSR count). The van der Waals surface area contributed by atoms with Crippen LogP contribution in [0, 0.1) is 0 Å². The summed E-state index contributed by atoms with van der Waals surface area (Å²) in [4.78, 5) is 27.5. The Morgan fingerprint density at radius 3 is 2.30 bits per heavy atom. The van der Waals surface area contributed by atoms with Gasteiger partial charge in [0.05, 0.1) is 36.9 Å². The van der Waals surface area contributed by atoms with Gasteiger partial charge in [0, 0.05) is 11.3 Å². The molecule has 1 aliphatic rings. The molecule has 1 heterocycles. The summed E-state index contributed by atoms with van der Waals surface area (Å²) >= 11 is 6.29. The van der Waals surface area contributed by atoms with Gasteiger partial charge in [-0.25, -0.2) is 0 Å². The van der Waals surface area contributed by atoms with Crippen molar-refractivity contribution in [3.63, 3.8) is 0 Å². The average molecular weight is 387 g/mol. The minimum atomic E-state index is -0.147. The molecule has 0 aromatic heterocycles. The maximum Gasteiger partial charge on any atom is 0.282 e. The summed E-state index contributed by atoms with van der Waals surface area (Å²) in [7, 11) is 0. The Labute approximate surface area is 164 Å². The second-order valence-electron chi connectivity index (χ2n) is 6.94. The summed E-state index contributed by atoms with van der Waals surface area (Å²) in [6.45, 7) is 6.97. The quantitative estimate of drug-likeness (QED) is 0.775. The minimum absolute atomic E-state index is 0.00762. The molecule has 2 aromatic carbocycles. The number of Topliss-reactive ketones (excluding diaryl/α,β-unsaturated/α-hetero) is 1. The van der Waals surface area contributed by atoms with Gasteiger partial charge in [0.1, 0.15) is 0 Å². The normalized spacial score (nSPS) is 16.0. The molecule has 0 spiro atoms. The summed E-state index contributed by atoms with van der Waals surface area (Å²) in [6, 6.07) is 14.7. The molecule has 142 valence electrons. The highest BCUT2D eigenvalue weighted by atomic mass is 35.5. The van der Waals surface area contributed by atoms with Crippen LogP contribution in [0.2, 0.25) is 5.02 Å². The van der Waals surface area contributed by atoms with Gasteiger partial charge in [-0.05, 0) is 50.2 Å². The molecule has 2 N–H and O–H groups in total. The molecule has 1 fully saturated rings. The van der Waals surface area contributed by atoms with Crippen LogP contribution in [0.25, 0.3) is 0 Å². The van der Waals surface area contributed by atoms with Crippen molar-refractivity contribution >= 4 is 34.7 Å². The number of halogens is 1.